The van der Waals surface area contributed by atoms with E-state index in [-0.39, 0.29) is 5.69 Å². The molecule has 0 saturated heterocycles. The number of nitro groups is 1. The fourth-order valence-electron chi connectivity index (χ4n) is 1.14. The fourth-order valence-corrected chi connectivity index (χ4v) is 1.14. The highest BCUT2D eigenvalue weighted by atomic mass is 16.9. The molecule has 6 heteroatoms. The highest BCUT2D eigenvalue weighted by molar-refractivity contribution is 5.49. The number of nitro benzene ring substituents is 1. The summed E-state index contributed by atoms with van der Waals surface area (Å²) in [7, 11) is 0. The Kier molecular flexibility index (Phi) is 4.68. The second-order valence-corrected chi connectivity index (χ2v) is 2.87. The molecule has 0 amide bonds. The Hall–Kier alpha value is -1.66. The monoisotopic (exact) mass is 226 g/mol. The van der Waals surface area contributed by atoms with Gasteiger partial charge in [0.1, 0.15) is 5.69 Å². The van der Waals surface area contributed by atoms with Crippen molar-refractivity contribution in [3.8, 4) is 0 Å². The molecule has 0 aliphatic heterocycles. The van der Waals surface area contributed by atoms with Gasteiger partial charge < -0.3 is 0 Å². The molecule has 0 spiro atoms. The number of benzene rings is 1. The molecular formula is C10H14N2O4. The maximum Gasteiger partial charge on any atom is 0.271 e. The molecule has 0 aliphatic carbocycles. The topological polar surface area (TPSA) is 64.8 Å². The number of nitrogens with zero attached hydrogens (tertiary/aromatic N) is 2. The van der Waals surface area contributed by atoms with E-state index in [1.807, 2.05) is 13.8 Å². The average Bonchev–Trinajstić information content (AvgIpc) is 2.29. The van der Waals surface area contributed by atoms with E-state index in [1.54, 1.807) is 12.1 Å². The summed E-state index contributed by atoms with van der Waals surface area (Å²) in [6.07, 6.45) is 0. The van der Waals surface area contributed by atoms with Crippen molar-refractivity contribution in [3.63, 3.8) is 0 Å². The highest BCUT2D eigenvalue weighted by Crippen LogP contribution is 2.21. The first-order valence-corrected chi connectivity index (χ1v) is 4.99. The van der Waals surface area contributed by atoms with E-state index in [4.69, 9.17) is 9.68 Å². The van der Waals surface area contributed by atoms with Crippen molar-refractivity contribution >= 4 is 11.4 Å². The van der Waals surface area contributed by atoms with Gasteiger partial charge in [0.25, 0.3) is 5.69 Å². The minimum Gasteiger partial charge on any atom is -0.258 e. The van der Waals surface area contributed by atoms with Crippen molar-refractivity contribution in [2.24, 2.45) is 0 Å². The van der Waals surface area contributed by atoms with Crippen LogP contribution in [0.1, 0.15) is 13.8 Å². The van der Waals surface area contributed by atoms with Crippen molar-refractivity contribution in [2.75, 3.05) is 18.4 Å². The highest BCUT2D eigenvalue weighted by Gasteiger charge is 2.11. The molecule has 0 saturated carbocycles. The Morgan fingerprint density at radius 3 is 2.44 bits per heavy atom. The third-order valence-corrected chi connectivity index (χ3v) is 1.74. The van der Waals surface area contributed by atoms with Gasteiger partial charge in [-0.05, 0) is 19.9 Å². The molecule has 16 heavy (non-hydrogen) atoms. The Morgan fingerprint density at radius 1 is 1.31 bits per heavy atom. The maximum absolute atomic E-state index is 10.6. The molecule has 88 valence electrons. The minimum absolute atomic E-state index is 0.00176. The summed E-state index contributed by atoms with van der Waals surface area (Å²) in [5.74, 6) is 0. The predicted molar refractivity (Wildman–Crippen MR) is 58.8 cm³/mol. The standard InChI is InChI=1S/C10H14N2O4/c1-3-15-12(16-4-2)10-7-5-6-9(8-10)11(13)14/h5-8H,3-4H2,1-2H3. The Morgan fingerprint density at radius 2 is 1.94 bits per heavy atom. The zero-order chi connectivity index (χ0) is 12.0. The van der Waals surface area contributed by atoms with Crippen LogP contribution in [0.25, 0.3) is 0 Å². The van der Waals surface area contributed by atoms with Gasteiger partial charge in [-0.15, -0.1) is 5.23 Å². The second-order valence-electron chi connectivity index (χ2n) is 2.87. The third-order valence-electron chi connectivity index (χ3n) is 1.74. The SMILES string of the molecule is CCON(OCC)c1cccc([N+](=O)[O-])c1. The van der Waals surface area contributed by atoms with E-state index in [1.165, 1.54) is 17.4 Å². The summed E-state index contributed by atoms with van der Waals surface area (Å²) in [6.45, 7) is 4.46. The van der Waals surface area contributed by atoms with Crippen LogP contribution >= 0.6 is 0 Å². The molecule has 0 fully saturated rings. The Bertz CT molecular complexity index is 350. The molecule has 0 atom stereocenters. The molecule has 0 unspecified atom stereocenters. The molecule has 0 aliphatic rings. The lowest BCUT2D eigenvalue weighted by atomic mass is 10.3. The second kappa shape index (κ2) is 6.04. The van der Waals surface area contributed by atoms with Crippen molar-refractivity contribution < 1.29 is 14.6 Å². The average molecular weight is 226 g/mol. The number of non-ortho nitro benzene ring substituents is 1. The molecule has 1 aromatic rings. The van der Waals surface area contributed by atoms with Gasteiger partial charge in [0.05, 0.1) is 18.1 Å². The van der Waals surface area contributed by atoms with E-state index in [0.717, 1.165) is 0 Å². The molecule has 0 radical (unpaired) electrons. The summed E-state index contributed by atoms with van der Waals surface area (Å²) in [5.41, 5.74) is 0.500. The Balaban J connectivity index is 2.90. The largest absolute Gasteiger partial charge is 0.271 e. The van der Waals surface area contributed by atoms with E-state index in [2.05, 4.69) is 0 Å². The summed E-state index contributed by atoms with van der Waals surface area (Å²) in [5, 5.41) is 11.8. The summed E-state index contributed by atoms with van der Waals surface area (Å²) < 4.78 is 0. The normalized spacial score (nSPS) is 10.1. The molecule has 0 heterocycles. The van der Waals surface area contributed by atoms with E-state index in [9.17, 15) is 10.1 Å². The minimum atomic E-state index is -0.459. The quantitative estimate of drug-likeness (QED) is 0.550. The van der Waals surface area contributed by atoms with Gasteiger partial charge in [0.15, 0.2) is 0 Å². The van der Waals surface area contributed by atoms with Crippen LogP contribution in [0.4, 0.5) is 11.4 Å². The molecule has 1 rings (SSSR count). The van der Waals surface area contributed by atoms with Gasteiger partial charge in [-0.3, -0.25) is 10.1 Å². The van der Waals surface area contributed by atoms with E-state index in [0.29, 0.717) is 18.9 Å². The zero-order valence-corrected chi connectivity index (χ0v) is 9.25. The van der Waals surface area contributed by atoms with Crippen LogP contribution in [0, 0.1) is 10.1 Å². The van der Waals surface area contributed by atoms with Crippen molar-refractivity contribution in [2.45, 2.75) is 13.8 Å². The fraction of sp³-hybridized carbons (Fsp3) is 0.400. The number of hydrogen-bond donors (Lipinski definition) is 0. The first-order chi connectivity index (χ1) is 7.69. The number of hydrogen-bond acceptors (Lipinski definition) is 5. The van der Waals surface area contributed by atoms with Crippen LogP contribution in [-0.4, -0.2) is 18.1 Å². The molecule has 0 aromatic heterocycles. The molecule has 6 nitrogen and oxygen atoms in total. The summed E-state index contributed by atoms with van der Waals surface area (Å²) in [6, 6.07) is 6.07. The Labute approximate surface area is 93.4 Å². The lowest BCUT2D eigenvalue weighted by Gasteiger charge is -2.20. The summed E-state index contributed by atoms with van der Waals surface area (Å²) >= 11 is 0. The molecular weight excluding hydrogens is 212 g/mol. The van der Waals surface area contributed by atoms with Crippen molar-refractivity contribution in [1.29, 1.82) is 0 Å². The van der Waals surface area contributed by atoms with Gasteiger partial charge in [-0.2, -0.15) is 0 Å². The molecule has 0 bridgehead atoms. The molecule has 0 N–H and O–H groups in total. The van der Waals surface area contributed by atoms with Gasteiger partial charge in [-0.1, -0.05) is 6.07 Å². The van der Waals surface area contributed by atoms with E-state index < -0.39 is 4.92 Å². The van der Waals surface area contributed by atoms with Gasteiger partial charge >= 0.3 is 0 Å². The van der Waals surface area contributed by atoms with Crippen LogP contribution in [0.5, 0.6) is 0 Å². The first kappa shape index (κ1) is 12.4. The number of anilines is 1. The lowest BCUT2D eigenvalue weighted by molar-refractivity contribution is -0.384. The van der Waals surface area contributed by atoms with Crippen LogP contribution in [0.2, 0.25) is 0 Å². The predicted octanol–water partition coefficient (Wildman–Crippen LogP) is 2.30. The molecule has 1 aromatic carbocycles. The van der Waals surface area contributed by atoms with E-state index >= 15 is 0 Å². The summed E-state index contributed by atoms with van der Waals surface area (Å²) in [4.78, 5) is 20.5. The van der Waals surface area contributed by atoms with Crippen LogP contribution in [0.3, 0.4) is 0 Å². The van der Waals surface area contributed by atoms with Crippen LogP contribution in [0.15, 0.2) is 24.3 Å². The van der Waals surface area contributed by atoms with Crippen molar-refractivity contribution in [3.05, 3.63) is 34.4 Å². The zero-order valence-electron chi connectivity index (χ0n) is 9.25. The van der Waals surface area contributed by atoms with Crippen LogP contribution < -0.4 is 5.23 Å². The number of rotatable bonds is 6. The van der Waals surface area contributed by atoms with Crippen molar-refractivity contribution in [1.82, 2.24) is 0 Å². The van der Waals surface area contributed by atoms with Gasteiger partial charge in [0, 0.05) is 12.1 Å². The maximum atomic E-state index is 10.6. The van der Waals surface area contributed by atoms with Gasteiger partial charge in [-0.25, -0.2) is 9.68 Å². The third kappa shape index (κ3) is 3.18. The van der Waals surface area contributed by atoms with Crippen LogP contribution in [-0.2, 0) is 9.68 Å². The lowest BCUT2D eigenvalue weighted by Crippen LogP contribution is -2.23. The van der Waals surface area contributed by atoms with Gasteiger partial charge in [0.2, 0.25) is 0 Å². The smallest absolute Gasteiger partial charge is 0.258 e. The first-order valence-electron chi connectivity index (χ1n) is 4.99.